The second kappa shape index (κ2) is 10.2. The van der Waals surface area contributed by atoms with Gasteiger partial charge >= 0.3 is 6.03 Å². The van der Waals surface area contributed by atoms with Crippen molar-refractivity contribution in [2.45, 2.75) is 10.9 Å². The molecule has 1 unspecified atom stereocenters. The normalized spacial score (nSPS) is 12.3. The molecule has 2 rings (SSSR count). The second-order valence-corrected chi connectivity index (χ2v) is 12.0. The van der Waals surface area contributed by atoms with Crippen molar-refractivity contribution in [2.24, 2.45) is 5.73 Å². The Bertz CT molecular complexity index is 1000. The lowest BCUT2D eigenvalue weighted by atomic mass is 10.0. The number of carbonyl (C=O) groups is 3. The van der Waals surface area contributed by atoms with E-state index in [-0.39, 0.29) is 0 Å². The molecule has 0 fully saturated rings. The summed E-state index contributed by atoms with van der Waals surface area (Å²) in [6, 6.07) is 12.1. The molecule has 0 spiro atoms. The molecule has 9 nitrogen and oxygen atoms in total. The first-order valence-corrected chi connectivity index (χ1v) is 12.4. The van der Waals surface area contributed by atoms with Crippen LogP contribution in [0.1, 0.15) is 11.6 Å². The monoisotopic (exact) mass is 459 g/mol. The predicted molar refractivity (Wildman–Crippen MR) is 128 cm³/mol. The molecule has 10 heteroatoms. The van der Waals surface area contributed by atoms with Crippen LogP contribution in [0, 0.1) is 5.41 Å². The smallest absolute Gasteiger partial charge is 0.317 e. The quantitative estimate of drug-likeness (QED) is 0.389. The highest BCUT2D eigenvalue weighted by atomic mass is 32.3. The Balaban J connectivity index is 2.34. The molecule has 1 atom stereocenters. The van der Waals surface area contributed by atoms with Crippen LogP contribution in [0.3, 0.4) is 0 Å². The average molecular weight is 460 g/mol. The maximum atomic E-state index is 13.2. The minimum absolute atomic E-state index is 0.478. The lowest BCUT2D eigenvalue weighted by Crippen LogP contribution is -2.48. The van der Waals surface area contributed by atoms with Crippen LogP contribution in [0.15, 0.2) is 53.4 Å². The number of nitrogens with zero attached hydrogens (tertiary/aromatic N) is 1. The molecule has 32 heavy (non-hydrogen) atoms. The Morgan fingerprint density at radius 2 is 1.59 bits per heavy atom. The number of benzene rings is 2. The number of amidine groups is 1. The molecule has 0 radical (unpaired) electrons. The summed E-state index contributed by atoms with van der Waals surface area (Å²) in [5.41, 5.74) is 6.08. The average Bonchev–Trinajstić information content (AvgIpc) is 2.73. The number of nitrogens with two attached hydrogens (primary N) is 1. The molecule has 2 aromatic rings. The molecule has 4 amide bonds. The molecule has 5 N–H and O–H groups in total. The van der Waals surface area contributed by atoms with Gasteiger partial charge in [0.1, 0.15) is 11.8 Å². The topological polar surface area (TPSA) is 138 Å². The standard InChI is InChI=1S/C22H29N5O4S/c1-27(21(29)19(23)26-22(24)30)18(14-6-10-16(31-2)11-7-14)20(28)25-15-8-12-17(13-9-15)32(3,4)5/h6-13,18H,1-5H3,(H,25,28)(H4,23,24,26,30). The van der Waals surface area contributed by atoms with Crippen molar-refractivity contribution in [1.29, 1.82) is 5.41 Å². The Hall–Kier alpha value is -3.53. The van der Waals surface area contributed by atoms with Crippen molar-refractivity contribution in [3.63, 3.8) is 0 Å². The van der Waals surface area contributed by atoms with Gasteiger partial charge in [-0.1, -0.05) is 12.1 Å². The van der Waals surface area contributed by atoms with Gasteiger partial charge in [0.05, 0.1) is 7.11 Å². The number of methoxy groups -OCH3 is 1. The van der Waals surface area contributed by atoms with E-state index in [9.17, 15) is 14.4 Å². The molecule has 0 heterocycles. The number of urea groups is 1. The van der Waals surface area contributed by atoms with Gasteiger partial charge in [-0.2, -0.15) is 0 Å². The number of anilines is 1. The van der Waals surface area contributed by atoms with Crippen molar-refractivity contribution in [2.75, 3.05) is 38.2 Å². The van der Waals surface area contributed by atoms with Gasteiger partial charge in [-0.05, 0) is 65.6 Å². The van der Waals surface area contributed by atoms with Crippen molar-refractivity contribution in [1.82, 2.24) is 10.2 Å². The van der Waals surface area contributed by atoms with Gasteiger partial charge in [-0.25, -0.2) is 14.8 Å². The van der Waals surface area contributed by atoms with Crippen LogP contribution in [0.2, 0.25) is 0 Å². The van der Waals surface area contributed by atoms with Crippen molar-refractivity contribution in [3.05, 3.63) is 54.1 Å². The van der Waals surface area contributed by atoms with Gasteiger partial charge in [0.2, 0.25) is 0 Å². The van der Waals surface area contributed by atoms with E-state index in [0.29, 0.717) is 17.0 Å². The highest BCUT2D eigenvalue weighted by molar-refractivity contribution is 8.32. The molecule has 2 aromatic carbocycles. The Kier molecular flexibility index (Phi) is 7.87. The number of hydrogen-bond donors (Lipinski definition) is 4. The summed E-state index contributed by atoms with van der Waals surface area (Å²) in [5.74, 6) is -1.49. The summed E-state index contributed by atoms with van der Waals surface area (Å²) in [5, 5.41) is 12.5. The summed E-state index contributed by atoms with van der Waals surface area (Å²) in [7, 11) is 1.99. The molecule has 0 aromatic heterocycles. The highest BCUT2D eigenvalue weighted by Gasteiger charge is 2.31. The van der Waals surface area contributed by atoms with E-state index < -0.39 is 39.8 Å². The first-order valence-electron chi connectivity index (χ1n) is 9.59. The van der Waals surface area contributed by atoms with Gasteiger partial charge in [0.25, 0.3) is 11.8 Å². The van der Waals surface area contributed by atoms with Crippen LogP contribution in [0.5, 0.6) is 5.75 Å². The van der Waals surface area contributed by atoms with E-state index in [0.717, 1.165) is 4.90 Å². The Morgan fingerprint density at radius 3 is 2.06 bits per heavy atom. The SMILES string of the molecule is COc1ccc(C(C(=O)Nc2ccc(S(C)(C)C)cc2)N(C)C(=O)C(=N)NC(N)=O)cc1. The van der Waals surface area contributed by atoms with E-state index in [1.165, 1.54) is 19.1 Å². The molecule has 0 aliphatic rings. The lowest BCUT2D eigenvalue weighted by Gasteiger charge is -2.28. The van der Waals surface area contributed by atoms with Crippen LogP contribution < -0.4 is 21.1 Å². The van der Waals surface area contributed by atoms with Gasteiger partial charge in [0, 0.05) is 12.7 Å². The van der Waals surface area contributed by atoms with Crippen LogP contribution in [-0.2, 0) is 9.59 Å². The number of primary amides is 1. The fraction of sp³-hybridized carbons (Fsp3) is 0.273. The van der Waals surface area contributed by atoms with E-state index in [1.54, 1.807) is 24.3 Å². The summed E-state index contributed by atoms with van der Waals surface area (Å²) in [6.07, 6.45) is 6.53. The van der Waals surface area contributed by atoms with Gasteiger partial charge in [0.15, 0.2) is 5.84 Å². The Morgan fingerprint density at radius 1 is 1.03 bits per heavy atom. The number of rotatable bonds is 6. The number of ether oxygens (including phenoxy) is 1. The predicted octanol–water partition coefficient (Wildman–Crippen LogP) is 2.53. The second-order valence-electron chi connectivity index (χ2n) is 7.81. The molecule has 0 saturated heterocycles. The van der Waals surface area contributed by atoms with Gasteiger partial charge < -0.3 is 20.7 Å². The van der Waals surface area contributed by atoms with E-state index in [2.05, 4.69) is 24.1 Å². The van der Waals surface area contributed by atoms with Crippen LogP contribution in [0.4, 0.5) is 10.5 Å². The minimum atomic E-state index is -1.07. The maximum absolute atomic E-state index is 13.2. The third kappa shape index (κ3) is 6.24. The fourth-order valence-electron chi connectivity index (χ4n) is 2.96. The molecule has 0 saturated carbocycles. The molecular formula is C22H29N5O4S. The fourth-order valence-corrected chi connectivity index (χ4v) is 3.92. The van der Waals surface area contributed by atoms with E-state index >= 15 is 0 Å². The van der Waals surface area contributed by atoms with Crippen molar-refractivity contribution < 1.29 is 19.1 Å². The third-order valence-corrected chi connectivity index (χ3v) is 6.36. The molecule has 0 aliphatic carbocycles. The zero-order chi connectivity index (χ0) is 24.1. The highest BCUT2D eigenvalue weighted by Crippen LogP contribution is 2.45. The lowest BCUT2D eigenvalue weighted by molar-refractivity contribution is -0.132. The molecule has 172 valence electrons. The van der Waals surface area contributed by atoms with E-state index in [4.69, 9.17) is 15.9 Å². The number of hydrogen-bond acceptors (Lipinski definition) is 5. The van der Waals surface area contributed by atoms with Gasteiger partial charge in [-0.15, -0.1) is 0 Å². The largest absolute Gasteiger partial charge is 0.497 e. The first kappa shape index (κ1) is 24.7. The molecule has 0 aliphatic heterocycles. The molecular weight excluding hydrogens is 430 g/mol. The summed E-state index contributed by atoms with van der Waals surface area (Å²) in [4.78, 5) is 39.2. The van der Waals surface area contributed by atoms with Crippen molar-refractivity contribution >= 4 is 39.4 Å². The first-order chi connectivity index (χ1) is 14.9. The Labute approximate surface area is 189 Å². The third-order valence-electron chi connectivity index (χ3n) is 4.68. The van der Waals surface area contributed by atoms with Crippen LogP contribution in [-0.4, -0.2) is 61.5 Å². The zero-order valence-electron chi connectivity index (χ0n) is 18.8. The number of amides is 4. The zero-order valence-corrected chi connectivity index (χ0v) is 19.6. The summed E-state index contributed by atoms with van der Waals surface area (Å²) >= 11 is 0. The summed E-state index contributed by atoms with van der Waals surface area (Å²) in [6.45, 7) is 0. The van der Waals surface area contributed by atoms with Crippen LogP contribution >= 0.6 is 10.0 Å². The maximum Gasteiger partial charge on any atom is 0.317 e. The number of likely N-dealkylation sites (N-methyl/N-ethyl adjacent to an activating group) is 1. The summed E-state index contributed by atoms with van der Waals surface area (Å²) < 4.78 is 5.16. The van der Waals surface area contributed by atoms with Gasteiger partial charge in [-0.3, -0.25) is 20.3 Å². The minimum Gasteiger partial charge on any atom is -0.497 e. The van der Waals surface area contributed by atoms with E-state index in [1.807, 2.05) is 29.6 Å². The van der Waals surface area contributed by atoms with Crippen molar-refractivity contribution in [3.8, 4) is 5.75 Å². The number of carbonyl (C=O) groups excluding carboxylic acids is 3. The molecule has 0 bridgehead atoms. The van der Waals surface area contributed by atoms with Crippen LogP contribution in [0.25, 0.3) is 0 Å². The number of nitrogens with one attached hydrogen (secondary N) is 3.